The van der Waals surface area contributed by atoms with Gasteiger partial charge in [-0.2, -0.15) is 0 Å². The van der Waals surface area contributed by atoms with E-state index in [9.17, 15) is 9.59 Å². The summed E-state index contributed by atoms with van der Waals surface area (Å²) in [6.07, 6.45) is 0.330. The van der Waals surface area contributed by atoms with Crippen molar-refractivity contribution in [3.63, 3.8) is 0 Å². The Morgan fingerprint density at radius 1 is 1.13 bits per heavy atom. The third-order valence-corrected chi connectivity index (χ3v) is 15.8. The van der Waals surface area contributed by atoms with Gasteiger partial charge in [-0.3, -0.25) is 0 Å². The van der Waals surface area contributed by atoms with Gasteiger partial charge in [0.2, 0.25) is 0 Å². The molecule has 2 amide bonds. The summed E-state index contributed by atoms with van der Waals surface area (Å²) in [5, 5.41) is 3.11. The van der Waals surface area contributed by atoms with E-state index in [-0.39, 0.29) is 39.2 Å². The maximum atomic E-state index is 13.6. The molecule has 1 aliphatic carbocycles. The van der Waals surface area contributed by atoms with Crippen LogP contribution in [0.25, 0.3) is 0 Å². The van der Waals surface area contributed by atoms with Gasteiger partial charge in [-0.25, -0.2) is 0 Å². The number of hydrogen-bond donors (Lipinski definition) is 1. The van der Waals surface area contributed by atoms with Crippen molar-refractivity contribution in [3.8, 4) is 0 Å². The molecule has 0 aromatic heterocycles. The van der Waals surface area contributed by atoms with E-state index in [1.54, 1.807) is 0 Å². The Labute approximate surface area is 191 Å². The topological polar surface area (TPSA) is 58.6 Å². The average Bonchev–Trinajstić information content (AvgIpc) is 3.07. The van der Waals surface area contributed by atoms with Gasteiger partial charge in [-0.15, -0.1) is 0 Å². The Morgan fingerprint density at radius 2 is 1.90 bits per heavy atom. The number of amides is 2. The second kappa shape index (κ2) is 7.04. The van der Waals surface area contributed by atoms with E-state index in [4.69, 9.17) is 13.0 Å². The molecule has 150 valence electrons. The van der Waals surface area contributed by atoms with Crippen molar-refractivity contribution < 1.29 is 37.7 Å². The summed E-state index contributed by atoms with van der Waals surface area (Å²) in [5.41, 5.74) is 2.26. The van der Waals surface area contributed by atoms with Crippen LogP contribution >= 0.6 is 8.25 Å². The first-order valence-electron chi connectivity index (χ1n) is 10.6. The molecule has 30 heavy (non-hydrogen) atoms. The van der Waals surface area contributed by atoms with Gasteiger partial charge in [0.25, 0.3) is 0 Å². The van der Waals surface area contributed by atoms with Gasteiger partial charge in [-0.05, 0) is 0 Å². The molecule has 5 nitrogen and oxygen atoms in total. The molecule has 5 aliphatic rings. The van der Waals surface area contributed by atoms with Gasteiger partial charge in [0.05, 0.1) is 0 Å². The predicted octanol–water partition coefficient (Wildman–Crippen LogP) is 3.35. The molecule has 1 saturated carbocycles. The Balaban J connectivity index is 1.49. The van der Waals surface area contributed by atoms with E-state index >= 15 is 0 Å². The zero-order valence-corrected chi connectivity index (χ0v) is 22.7. The van der Waals surface area contributed by atoms with Crippen LogP contribution in [-0.2, 0) is 49.6 Å². The first-order valence-corrected chi connectivity index (χ1v) is 20.5. The Hall–Kier alpha value is -1.43. The van der Waals surface area contributed by atoms with Crippen molar-refractivity contribution in [3.05, 3.63) is 65.7 Å². The number of anilines is 1. The molecule has 0 unspecified atom stereocenters. The normalized spacial score (nSPS) is 35.9. The zero-order valence-electron chi connectivity index (χ0n) is 16.5. The average molecular weight is 609 g/mol. The van der Waals surface area contributed by atoms with Crippen molar-refractivity contribution in [1.82, 2.24) is 4.90 Å². The second-order valence-electron chi connectivity index (χ2n) is 8.96. The molecular weight excluding hydrogens is 588 g/mol. The van der Waals surface area contributed by atoms with Gasteiger partial charge in [0.1, 0.15) is 0 Å². The van der Waals surface area contributed by atoms with Gasteiger partial charge in [-0.1, -0.05) is 0 Å². The minimum absolute atomic E-state index is 0.00812. The number of carbonyl (C=O) groups excluding carboxylic acids is 2. The number of halogens is 1. The summed E-state index contributed by atoms with van der Waals surface area (Å²) in [4.78, 5) is 29.1. The van der Waals surface area contributed by atoms with Crippen molar-refractivity contribution in [2.75, 3.05) is 11.9 Å². The van der Waals surface area contributed by atoms with Crippen LogP contribution in [0.1, 0.15) is 17.5 Å². The molecule has 0 radical (unpaired) electrons. The minimum atomic E-state index is -1.95. The summed E-state index contributed by atoms with van der Waals surface area (Å²) < 4.78 is 6.47. The molecule has 1 N–H and O–H groups in total. The molecule has 7 heteroatoms. The number of carbonyl (C=O) groups is 2. The van der Waals surface area contributed by atoms with Crippen molar-refractivity contribution in [2.24, 2.45) is 11.8 Å². The maximum absolute atomic E-state index is 13.6. The van der Waals surface area contributed by atoms with Gasteiger partial charge < -0.3 is 0 Å². The molecule has 4 fully saturated rings. The van der Waals surface area contributed by atoms with Crippen LogP contribution in [0.2, 0.25) is 3.43 Å². The van der Waals surface area contributed by atoms with Crippen LogP contribution in [0, 0.1) is 11.8 Å². The standard InChI is InChI=1S/C23H21N2O3.ClH.Hg/c26-21-15-10-20-23(17-8-4-5-9-18(17)24-22(23)27)11-19(16(15)13-28-20)25(21)12-14-6-2-1-3-7-14;;/h1-10,15-16,19-20H,11-13H2,(H,24,27);1H;/q;;+1/p-1/t15-,16+,19+,20+,23+;;/m0../s1. The first kappa shape index (κ1) is 19.3. The van der Waals surface area contributed by atoms with Crippen LogP contribution in [0.5, 0.6) is 0 Å². The molecule has 1 spiro atoms. The number of nitrogens with zero attached hydrogens (tertiary/aromatic N) is 1. The predicted molar refractivity (Wildman–Crippen MR) is 108 cm³/mol. The third-order valence-electron chi connectivity index (χ3n) is 7.69. The van der Waals surface area contributed by atoms with E-state index in [2.05, 4.69) is 23.5 Å². The Kier molecular flexibility index (Phi) is 4.52. The molecule has 4 heterocycles. The number of nitrogens with one attached hydrogen (secondary N) is 1. The first-order chi connectivity index (χ1) is 14.6. The third kappa shape index (κ3) is 2.49. The summed E-state index contributed by atoms with van der Waals surface area (Å²) in [6.45, 7) is 1.11. The van der Waals surface area contributed by atoms with Gasteiger partial charge >= 0.3 is 192 Å². The van der Waals surface area contributed by atoms with Crippen LogP contribution in [0.4, 0.5) is 5.69 Å². The van der Waals surface area contributed by atoms with E-state index in [1.807, 2.05) is 41.3 Å². The molecule has 7 rings (SSSR count). The quantitative estimate of drug-likeness (QED) is 0.544. The van der Waals surface area contributed by atoms with Crippen molar-refractivity contribution >= 4 is 25.8 Å². The summed E-state index contributed by atoms with van der Waals surface area (Å²) in [7, 11) is 6.69. The van der Waals surface area contributed by atoms with Crippen LogP contribution in [0.15, 0.2) is 54.6 Å². The van der Waals surface area contributed by atoms with Crippen molar-refractivity contribution in [2.45, 2.75) is 34.0 Å². The SMILES string of the molecule is O=C1[C@@H]2[C@H]3CO[C@H]([C@@H]2[Hg][Cl])[C@]2(C[C@H]3N1Cc1ccccc1)C(=O)Nc1ccccc12. The fraction of sp³-hybridized carbons (Fsp3) is 0.391. The Morgan fingerprint density at radius 3 is 2.70 bits per heavy atom. The van der Waals surface area contributed by atoms with E-state index < -0.39 is 28.8 Å². The molecule has 4 bridgehead atoms. The van der Waals surface area contributed by atoms with Gasteiger partial charge in [0, 0.05) is 0 Å². The molecular formula is C23H21ClHgN2O3. The number of hydrogen-bond acceptors (Lipinski definition) is 3. The molecule has 4 aliphatic heterocycles. The molecule has 3 saturated heterocycles. The number of ether oxygens (including phenoxy) is 1. The summed E-state index contributed by atoms with van der Waals surface area (Å²) in [6, 6.07) is 18.1. The fourth-order valence-corrected chi connectivity index (χ4v) is 15.2. The van der Waals surface area contributed by atoms with E-state index in [0.29, 0.717) is 19.6 Å². The number of rotatable bonds is 3. The zero-order chi connectivity index (χ0) is 20.5. The molecule has 2 aromatic carbocycles. The fourth-order valence-electron chi connectivity index (χ4n) is 6.44. The Bertz CT molecular complexity index is 1030. The second-order valence-corrected chi connectivity index (χ2v) is 16.5. The number of likely N-dealkylation sites (tertiary alicyclic amines) is 1. The monoisotopic (exact) mass is 610 g/mol. The molecule has 6 atom stereocenters. The van der Waals surface area contributed by atoms with Crippen molar-refractivity contribution in [1.29, 1.82) is 0 Å². The van der Waals surface area contributed by atoms with Crippen LogP contribution in [-0.4, -0.2) is 35.5 Å². The number of para-hydroxylation sites is 1. The van der Waals surface area contributed by atoms with Gasteiger partial charge in [0.15, 0.2) is 0 Å². The number of benzene rings is 2. The number of fused-ring (bicyclic) bond motifs is 2. The summed E-state index contributed by atoms with van der Waals surface area (Å²) >= 11 is -1.95. The molecule has 2 aromatic rings. The van der Waals surface area contributed by atoms with E-state index in [0.717, 1.165) is 16.8 Å². The van der Waals surface area contributed by atoms with Crippen LogP contribution in [0.3, 0.4) is 0 Å². The van der Waals surface area contributed by atoms with Crippen LogP contribution < -0.4 is 5.32 Å². The summed E-state index contributed by atoms with van der Waals surface area (Å²) in [5.74, 6) is 0.268. The van der Waals surface area contributed by atoms with E-state index in [1.165, 1.54) is 0 Å².